The van der Waals surface area contributed by atoms with Crippen molar-refractivity contribution in [3.8, 4) is 5.75 Å². The van der Waals surface area contributed by atoms with Crippen LogP contribution >= 0.6 is 0 Å². The van der Waals surface area contributed by atoms with Gasteiger partial charge in [0.2, 0.25) is 0 Å². The molecule has 4 nitrogen and oxygen atoms in total. The van der Waals surface area contributed by atoms with Gasteiger partial charge in [0.05, 0.1) is 18.5 Å². The molecule has 5 heteroatoms. The van der Waals surface area contributed by atoms with Gasteiger partial charge in [-0.15, -0.1) is 0 Å². The summed E-state index contributed by atoms with van der Waals surface area (Å²) in [4.78, 5) is 8.42. The smallest absolute Gasteiger partial charge is 0.158 e. The van der Waals surface area contributed by atoms with Crippen LogP contribution in [0.2, 0.25) is 0 Å². The number of hydrogen-bond acceptors (Lipinski definition) is 4. The zero-order chi connectivity index (χ0) is 15.7. The van der Waals surface area contributed by atoms with Crippen LogP contribution in [0.15, 0.2) is 30.5 Å². The monoisotopic (exact) mass is 302 g/mol. The number of rotatable bonds is 5. The van der Waals surface area contributed by atoms with Crippen LogP contribution in [0.1, 0.15) is 23.5 Å². The van der Waals surface area contributed by atoms with Gasteiger partial charge in [0.15, 0.2) is 5.75 Å². The Morgan fingerprint density at radius 1 is 1.41 bits per heavy atom. The Morgan fingerprint density at radius 2 is 2.23 bits per heavy atom. The summed E-state index contributed by atoms with van der Waals surface area (Å²) >= 11 is 0. The summed E-state index contributed by atoms with van der Waals surface area (Å²) in [6, 6.07) is 6.53. The van der Waals surface area contributed by atoms with E-state index < -0.39 is 0 Å². The van der Waals surface area contributed by atoms with Crippen molar-refractivity contribution in [2.24, 2.45) is 5.92 Å². The number of aryl methyl sites for hydroxylation is 2. The quantitative estimate of drug-likeness (QED) is 0.922. The van der Waals surface area contributed by atoms with Crippen molar-refractivity contribution in [2.45, 2.75) is 25.7 Å². The Balaban J connectivity index is 1.81. The Hall–Kier alpha value is -2.01. The first-order chi connectivity index (χ1) is 10.5. The second-order valence-corrected chi connectivity index (χ2v) is 5.91. The SMILES string of the molecule is Cc1ncc(OC[C@@]2(c3cccc(F)c3)C[C@H]2CO)c(C)n1. The number of nitrogens with zero attached hydrogens (tertiary/aromatic N) is 2. The average Bonchev–Trinajstić information content (AvgIpc) is 3.21. The number of halogens is 1. The van der Waals surface area contributed by atoms with Crippen LogP contribution in [-0.2, 0) is 5.41 Å². The molecule has 0 spiro atoms. The highest BCUT2D eigenvalue weighted by Gasteiger charge is 2.55. The lowest BCUT2D eigenvalue weighted by Gasteiger charge is -2.19. The van der Waals surface area contributed by atoms with Crippen LogP contribution in [-0.4, -0.2) is 28.3 Å². The first-order valence-corrected chi connectivity index (χ1v) is 7.35. The first-order valence-electron chi connectivity index (χ1n) is 7.35. The lowest BCUT2D eigenvalue weighted by Crippen LogP contribution is -2.22. The van der Waals surface area contributed by atoms with Crippen molar-refractivity contribution in [1.82, 2.24) is 9.97 Å². The number of aromatic nitrogens is 2. The fourth-order valence-corrected chi connectivity index (χ4v) is 2.95. The molecule has 1 saturated carbocycles. The largest absolute Gasteiger partial charge is 0.489 e. The fraction of sp³-hybridized carbons (Fsp3) is 0.412. The maximum atomic E-state index is 13.5. The van der Waals surface area contributed by atoms with Crippen molar-refractivity contribution in [1.29, 1.82) is 0 Å². The summed E-state index contributed by atoms with van der Waals surface area (Å²) in [5.41, 5.74) is 1.33. The van der Waals surface area contributed by atoms with Gasteiger partial charge in [0, 0.05) is 12.0 Å². The van der Waals surface area contributed by atoms with Gasteiger partial charge in [-0.05, 0) is 43.9 Å². The third-order valence-electron chi connectivity index (χ3n) is 4.39. The molecule has 2 atom stereocenters. The molecule has 1 aliphatic rings. The molecule has 22 heavy (non-hydrogen) atoms. The number of benzene rings is 1. The second-order valence-electron chi connectivity index (χ2n) is 5.91. The summed E-state index contributed by atoms with van der Waals surface area (Å²) < 4.78 is 19.4. The molecule has 1 N–H and O–H groups in total. The molecule has 3 rings (SSSR count). The molecule has 1 aromatic carbocycles. The third-order valence-corrected chi connectivity index (χ3v) is 4.39. The molecular weight excluding hydrogens is 283 g/mol. The number of ether oxygens (including phenoxy) is 1. The summed E-state index contributed by atoms with van der Waals surface area (Å²) in [7, 11) is 0. The highest BCUT2D eigenvalue weighted by molar-refractivity contribution is 5.35. The van der Waals surface area contributed by atoms with Gasteiger partial charge in [-0.25, -0.2) is 14.4 Å². The van der Waals surface area contributed by atoms with Crippen LogP contribution in [0.5, 0.6) is 5.75 Å². The van der Waals surface area contributed by atoms with Gasteiger partial charge in [0.1, 0.15) is 11.6 Å². The summed E-state index contributed by atoms with van der Waals surface area (Å²) in [6.45, 7) is 4.15. The van der Waals surface area contributed by atoms with E-state index in [1.54, 1.807) is 12.3 Å². The molecule has 1 fully saturated rings. The van der Waals surface area contributed by atoms with E-state index in [-0.39, 0.29) is 23.8 Å². The van der Waals surface area contributed by atoms with Crippen LogP contribution in [0.3, 0.4) is 0 Å². The van der Waals surface area contributed by atoms with Gasteiger partial charge in [-0.2, -0.15) is 0 Å². The summed E-state index contributed by atoms with van der Waals surface area (Å²) in [6.07, 6.45) is 2.45. The van der Waals surface area contributed by atoms with Crippen molar-refractivity contribution in [3.05, 3.63) is 53.4 Å². The van der Waals surface area contributed by atoms with E-state index in [2.05, 4.69) is 9.97 Å². The van der Waals surface area contributed by atoms with Crippen molar-refractivity contribution in [3.63, 3.8) is 0 Å². The van der Waals surface area contributed by atoms with E-state index in [1.807, 2.05) is 19.9 Å². The fourth-order valence-electron chi connectivity index (χ4n) is 2.95. The Kier molecular flexibility index (Phi) is 3.83. The van der Waals surface area contributed by atoms with Crippen molar-refractivity contribution < 1.29 is 14.2 Å². The predicted octanol–water partition coefficient (Wildman–Crippen LogP) is 2.56. The Bertz CT molecular complexity index is 692. The maximum absolute atomic E-state index is 13.5. The second kappa shape index (κ2) is 5.65. The van der Waals surface area contributed by atoms with E-state index >= 15 is 0 Å². The van der Waals surface area contributed by atoms with E-state index in [0.717, 1.165) is 17.7 Å². The average molecular weight is 302 g/mol. The molecular formula is C17H19FN2O2. The molecule has 2 aromatic rings. The topological polar surface area (TPSA) is 55.2 Å². The first kappa shape index (κ1) is 14.9. The lowest BCUT2D eigenvalue weighted by molar-refractivity contribution is 0.224. The van der Waals surface area contributed by atoms with Gasteiger partial charge in [-0.1, -0.05) is 12.1 Å². The number of hydrogen-bond donors (Lipinski definition) is 1. The molecule has 1 heterocycles. The minimum absolute atomic E-state index is 0.0727. The maximum Gasteiger partial charge on any atom is 0.158 e. The molecule has 0 radical (unpaired) electrons. The highest BCUT2D eigenvalue weighted by atomic mass is 19.1. The minimum atomic E-state index is -0.325. The van der Waals surface area contributed by atoms with Gasteiger partial charge < -0.3 is 9.84 Å². The molecule has 0 unspecified atom stereocenters. The molecule has 0 amide bonds. The van der Waals surface area contributed by atoms with Gasteiger partial charge >= 0.3 is 0 Å². The summed E-state index contributed by atoms with van der Waals surface area (Å²) in [5, 5.41) is 9.49. The third kappa shape index (κ3) is 2.68. The molecule has 0 bridgehead atoms. The molecule has 0 saturated heterocycles. The Labute approximate surface area is 129 Å². The van der Waals surface area contributed by atoms with Gasteiger partial charge in [0.25, 0.3) is 0 Å². The zero-order valence-electron chi connectivity index (χ0n) is 12.7. The van der Waals surface area contributed by atoms with Crippen molar-refractivity contribution in [2.75, 3.05) is 13.2 Å². The predicted molar refractivity (Wildman–Crippen MR) is 80.3 cm³/mol. The standard InChI is InChI=1S/C17H19FN2O2/c1-11-16(8-19-12(2)20-11)22-10-17(7-14(17)9-21)13-4-3-5-15(18)6-13/h3-6,8,14,21H,7,9-10H2,1-2H3/t14-,17+/m0/s1. The molecule has 0 aliphatic heterocycles. The summed E-state index contributed by atoms with van der Waals surface area (Å²) in [5.74, 6) is 1.16. The van der Waals surface area contributed by atoms with Crippen molar-refractivity contribution >= 4 is 0 Å². The molecule has 1 aliphatic carbocycles. The zero-order valence-corrected chi connectivity index (χ0v) is 12.7. The van der Waals surface area contributed by atoms with E-state index in [0.29, 0.717) is 18.2 Å². The van der Waals surface area contributed by atoms with E-state index in [4.69, 9.17) is 4.74 Å². The van der Waals surface area contributed by atoms with Crippen LogP contribution in [0.25, 0.3) is 0 Å². The van der Waals surface area contributed by atoms with Crippen LogP contribution < -0.4 is 4.74 Å². The van der Waals surface area contributed by atoms with Gasteiger partial charge in [-0.3, -0.25) is 0 Å². The van der Waals surface area contributed by atoms with Crippen LogP contribution in [0, 0.1) is 25.6 Å². The normalized spacial score (nSPS) is 23.4. The van der Waals surface area contributed by atoms with E-state index in [9.17, 15) is 9.50 Å². The van der Waals surface area contributed by atoms with Crippen LogP contribution in [0.4, 0.5) is 4.39 Å². The highest BCUT2D eigenvalue weighted by Crippen LogP contribution is 2.54. The minimum Gasteiger partial charge on any atom is -0.489 e. The molecule has 116 valence electrons. The molecule has 1 aromatic heterocycles. The van der Waals surface area contributed by atoms with E-state index in [1.165, 1.54) is 12.1 Å². The Morgan fingerprint density at radius 3 is 2.86 bits per heavy atom. The lowest BCUT2D eigenvalue weighted by atomic mass is 9.94. The number of aliphatic hydroxyl groups is 1. The number of aliphatic hydroxyl groups excluding tert-OH is 1.